The first-order valence-electron chi connectivity index (χ1n) is 5.87. The molecule has 0 aliphatic rings. The van der Waals surface area contributed by atoms with Crippen LogP contribution in [-0.2, 0) is 4.74 Å². The van der Waals surface area contributed by atoms with Crippen LogP contribution in [0.25, 0.3) is 0 Å². The van der Waals surface area contributed by atoms with Gasteiger partial charge in [-0.15, -0.1) is 0 Å². The van der Waals surface area contributed by atoms with Gasteiger partial charge in [-0.05, 0) is 35.7 Å². The predicted octanol–water partition coefficient (Wildman–Crippen LogP) is 3.50. The Balaban J connectivity index is 3.20. The van der Waals surface area contributed by atoms with E-state index >= 15 is 0 Å². The van der Waals surface area contributed by atoms with E-state index in [0.29, 0.717) is 12.5 Å². The number of nitrogens with one attached hydrogen (secondary N) is 1. The van der Waals surface area contributed by atoms with Crippen molar-refractivity contribution in [3.63, 3.8) is 0 Å². The summed E-state index contributed by atoms with van der Waals surface area (Å²) in [5.41, 5.74) is 1.01. The van der Waals surface area contributed by atoms with Crippen molar-refractivity contribution in [1.82, 2.24) is 9.97 Å². The number of anilines is 1. The summed E-state index contributed by atoms with van der Waals surface area (Å²) in [5.74, 6) is 1.88. The zero-order valence-corrected chi connectivity index (χ0v) is 12.6. The molecule has 0 bridgehead atoms. The van der Waals surface area contributed by atoms with Crippen LogP contribution in [0.5, 0.6) is 0 Å². The molecular weight excluding hydrogens is 282 g/mol. The molecule has 1 rings (SSSR count). The average Bonchev–Trinajstić information content (AvgIpc) is 2.29. The molecule has 0 aliphatic carbocycles. The zero-order valence-electron chi connectivity index (χ0n) is 11.0. The third-order valence-electron chi connectivity index (χ3n) is 2.46. The Morgan fingerprint density at radius 1 is 1.29 bits per heavy atom. The molecule has 0 fully saturated rings. The highest BCUT2D eigenvalue weighted by atomic mass is 79.9. The molecule has 0 aliphatic heterocycles. The number of aromatic nitrogens is 2. The van der Waals surface area contributed by atoms with Gasteiger partial charge in [0.15, 0.2) is 5.82 Å². The van der Waals surface area contributed by atoms with E-state index < -0.39 is 0 Å². The van der Waals surface area contributed by atoms with E-state index in [9.17, 15) is 0 Å². The van der Waals surface area contributed by atoms with Crippen molar-refractivity contribution in [2.75, 3.05) is 19.0 Å². The maximum atomic E-state index is 5.53. The van der Waals surface area contributed by atoms with Gasteiger partial charge in [-0.25, -0.2) is 9.97 Å². The smallest absolute Gasteiger partial charge is 0.159 e. The normalized spacial score (nSPS) is 12.9. The Morgan fingerprint density at radius 2 is 1.94 bits per heavy atom. The quantitative estimate of drug-likeness (QED) is 0.904. The Bertz CT molecular complexity index is 382. The lowest BCUT2D eigenvalue weighted by Crippen LogP contribution is -2.11. The minimum absolute atomic E-state index is 0.0855. The molecule has 0 saturated carbocycles. The van der Waals surface area contributed by atoms with Gasteiger partial charge in [0.25, 0.3) is 0 Å². The molecule has 0 radical (unpaired) electrons. The van der Waals surface area contributed by atoms with Crippen molar-refractivity contribution in [3.8, 4) is 0 Å². The number of nitrogens with zero attached hydrogens (tertiary/aromatic N) is 2. The van der Waals surface area contributed by atoms with Gasteiger partial charge in [0.1, 0.15) is 11.9 Å². The van der Waals surface area contributed by atoms with Gasteiger partial charge in [0, 0.05) is 13.7 Å². The average molecular weight is 302 g/mol. The van der Waals surface area contributed by atoms with Gasteiger partial charge in [0.05, 0.1) is 10.2 Å². The Hall–Kier alpha value is -0.680. The van der Waals surface area contributed by atoms with Crippen LogP contribution in [0.15, 0.2) is 4.47 Å². The molecule has 1 unspecified atom stereocenters. The molecule has 4 nitrogen and oxygen atoms in total. The van der Waals surface area contributed by atoms with Gasteiger partial charge in [-0.3, -0.25) is 0 Å². The molecule has 0 amide bonds. The van der Waals surface area contributed by atoms with Crippen molar-refractivity contribution < 1.29 is 4.74 Å². The fourth-order valence-electron chi connectivity index (χ4n) is 1.54. The predicted molar refractivity (Wildman–Crippen MR) is 73.4 cm³/mol. The van der Waals surface area contributed by atoms with E-state index in [1.165, 1.54) is 0 Å². The minimum Gasteiger partial charge on any atom is -0.372 e. The third-order valence-corrected chi connectivity index (χ3v) is 3.24. The van der Waals surface area contributed by atoms with E-state index in [0.717, 1.165) is 21.8 Å². The van der Waals surface area contributed by atoms with Crippen LogP contribution in [0.1, 0.15) is 51.2 Å². The second-order valence-electron chi connectivity index (χ2n) is 4.13. The molecule has 1 heterocycles. The van der Waals surface area contributed by atoms with Crippen LogP contribution < -0.4 is 5.32 Å². The highest BCUT2D eigenvalue weighted by Crippen LogP contribution is 2.30. The molecule has 1 atom stereocenters. The number of ether oxygens (including phenoxy) is 1. The van der Waals surface area contributed by atoms with Gasteiger partial charge < -0.3 is 10.1 Å². The standard InChI is InChI=1S/C12H20BrN3O/c1-6-17-8(4)11-15-10(7(2)3)9(13)12(14-5)16-11/h7-8H,6H2,1-5H3,(H,14,15,16). The second-order valence-corrected chi connectivity index (χ2v) is 4.92. The topological polar surface area (TPSA) is 47.0 Å². The monoisotopic (exact) mass is 301 g/mol. The first-order chi connectivity index (χ1) is 8.01. The van der Waals surface area contributed by atoms with Crippen LogP contribution >= 0.6 is 15.9 Å². The van der Waals surface area contributed by atoms with E-state index in [4.69, 9.17) is 4.74 Å². The van der Waals surface area contributed by atoms with Crippen molar-refractivity contribution >= 4 is 21.7 Å². The fourth-order valence-corrected chi connectivity index (χ4v) is 2.37. The lowest BCUT2D eigenvalue weighted by molar-refractivity contribution is 0.0699. The second kappa shape index (κ2) is 6.31. The first-order valence-corrected chi connectivity index (χ1v) is 6.67. The molecule has 0 spiro atoms. The number of hydrogen-bond donors (Lipinski definition) is 1. The first kappa shape index (κ1) is 14.4. The summed E-state index contributed by atoms with van der Waals surface area (Å²) in [6.45, 7) is 8.82. The lowest BCUT2D eigenvalue weighted by atomic mass is 10.1. The maximum absolute atomic E-state index is 5.53. The van der Waals surface area contributed by atoms with Crippen LogP contribution in [-0.4, -0.2) is 23.6 Å². The van der Waals surface area contributed by atoms with Gasteiger partial charge in [-0.1, -0.05) is 13.8 Å². The summed E-state index contributed by atoms with van der Waals surface area (Å²) >= 11 is 3.54. The summed E-state index contributed by atoms with van der Waals surface area (Å²) in [7, 11) is 1.85. The molecular formula is C12H20BrN3O. The Labute approximate surface area is 111 Å². The maximum Gasteiger partial charge on any atom is 0.159 e. The van der Waals surface area contributed by atoms with E-state index in [2.05, 4.69) is 45.1 Å². The molecule has 0 aromatic carbocycles. The van der Waals surface area contributed by atoms with Crippen molar-refractivity contribution in [2.45, 2.75) is 39.7 Å². The van der Waals surface area contributed by atoms with Crippen LogP contribution in [0.3, 0.4) is 0 Å². The zero-order chi connectivity index (χ0) is 13.0. The Morgan fingerprint density at radius 3 is 2.41 bits per heavy atom. The van der Waals surface area contributed by atoms with Gasteiger partial charge >= 0.3 is 0 Å². The van der Waals surface area contributed by atoms with E-state index in [-0.39, 0.29) is 6.10 Å². The van der Waals surface area contributed by atoms with Crippen molar-refractivity contribution in [1.29, 1.82) is 0 Å². The Kier molecular flexibility index (Phi) is 5.33. The van der Waals surface area contributed by atoms with Crippen LogP contribution in [0.2, 0.25) is 0 Å². The molecule has 1 aromatic heterocycles. The highest BCUT2D eigenvalue weighted by Gasteiger charge is 2.17. The van der Waals surface area contributed by atoms with Crippen LogP contribution in [0.4, 0.5) is 5.82 Å². The van der Waals surface area contributed by atoms with Gasteiger partial charge in [-0.2, -0.15) is 0 Å². The summed E-state index contributed by atoms with van der Waals surface area (Å²) in [6.07, 6.45) is -0.0855. The van der Waals surface area contributed by atoms with Gasteiger partial charge in [0.2, 0.25) is 0 Å². The molecule has 1 N–H and O–H groups in total. The van der Waals surface area contributed by atoms with E-state index in [1.807, 2.05) is 20.9 Å². The van der Waals surface area contributed by atoms with Crippen LogP contribution in [0, 0.1) is 0 Å². The lowest BCUT2D eigenvalue weighted by Gasteiger charge is -2.16. The molecule has 5 heteroatoms. The number of hydrogen-bond acceptors (Lipinski definition) is 4. The molecule has 1 aromatic rings. The largest absolute Gasteiger partial charge is 0.372 e. The number of rotatable bonds is 5. The minimum atomic E-state index is -0.0855. The number of halogens is 1. The molecule has 96 valence electrons. The third kappa shape index (κ3) is 3.39. The summed E-state index contributed by atoms with van der Waals surface area (Å²) in [4.78, 5) is 9.03. The summed E-state index contributed by atoms with van der Waals surface area (Å²) in [6, 6.07) is 0. The van der Waals surface area contributed by atoms with E-state index in [1.54, 1.807) is 0 Å². The fraction of sp³-hybridized carbons (Fsp3) is 0.667. The summed E-state index contributed by atoms with van der Waals surface area (Å²) in [5, 5.41) is 3.07. The molecule has 0 saturated heterocycles. The molecule has 17 heavy (non-hydrogen) atoms. The summed E-state index contributed by atoms with van der Waals surface area (Å²) < 4.78 is 6.47. The highest BCUT2D eigenvalue weighted by molar-refractivity contribution is 9.10. The van der Waals surface area contributed by atoms with Crippen molar-refractivity contribution in [2.24, 2.45) is 0 Å². The van der Waals surface area contributed by atoms with Crippen molar-refractivity contribution in [3.05, 3.63) is 16.0 Å². The SMILES string of the molecule is CCOC(C)c1nc(NC)c(Br)c(C(C)C)n1.